The Morgan fingerprint density at radius 1 is 1.35 bits per heavy atom. The summed E-state index contributed by atoms with van der Waals surface area (Å²) in [6.45, 7) is 7.05. The van der Waals surface area contributed by atoms with E-state index in [0.717, 1.165) is 25.0 Å². The van der Waals surface area contributed by atoms with Crippen LogP contribution in [-0.4, -0.2) is 36.1 Å². The van der Waals surface area contributed by atoms with Gasteiger partial charge < -0.3 is 0 Å². The van der Waals surface area contributed by atoms with Crippen LogP contribution in [0.1, 0.15) is 46.0 Å². The van der Waals surface area contributed by atoms with Crippen molar-refractivity contribution in [3.05, 3.63) is 0 Å². The molecule has 0 spiro atoms. The van der Waals surface area contributed by atoms with Crippen LogP contribution < -0.4 is 5.32 Å². The van der Waals surface area contributed by atoms with Gasteiger partial charge in [0.25, 0.3) is 0 Å². The van der Waals surface area contributed by atoms with Crippen molar-refractivity contribution < 1.29 is 0 Å². The lowest BCUT2D eigenvalue weighted by molar-refractivity contribution is 0.0925. The average molecular weight is 235 g/mol. The van der Waals surface area contributed by atoms with E-state index in [2.05, 4.69) is 23.2 Å². The van der Waals surface area contributed by atoms with Crippen LogP contribution in [-0.2, 0) is 0 Å². The van der Waals surface area contributed by atoms with E-state index in [9.17, 15) is 5.26 Å². The summed E-state index contributed by atoms with van der Waals surface area (Å²) in [5.74, 6) is 0.910. The van der Waals surface area contributed by atoms with E-state index in [-0.39, 0.29) is 5.54 Å². The molecule has 1 heterocycles. The highest BCUT2D eigenvalue weighted by molar-refractivity contribution is 5.07. The average Bonchev–Trinajstić information content (AvgIpc) is 2.78. The number of hydrogen-bond acceptors (Lipinski definition) is 3. The molecule has 96 valence electrons. The van der Waals surface area contributed by atoms with Gasteiger partial charge in [0.15, 0.2) is 0 Å². The first-order valence-electron chi connectivity index (χ1n) is 7.09. The Morgan fingerprint density at radius 2 is 2.12 bits per heavy atom. The van der Waals surface area contributed by atoms with Crippen molar-refractivity contribution in [1.82, 2.24) is 10.2 Å². The molecule has 3 atom stereocenters. The molecular weight excluding hydrogens is 210 g/mol. The van der Waals surface area contributed by atoms with E-state index in [4.69, 9.17) is 0 Å². The van der Waals surface area contributed by atoms with Crippen molar-refractivity contribution in [2.24, 2.45) is 5.92 Å². The molecule has 0 radical (unpaired) electrons. The Balaban J connectivity index is 1.99. The van der Waals surface area contributed by atoms with Gasteiger partial charge in [0.2, 0.25) is 0 Å². The fraction of sp³-hybridized carbons (Fsp3) is 0.929. The first-order chi connectivity index (χ1) is 8.18. The van der Waals surface area contributed by atoms with Gasteiger partial charge in [-0.05, 0) is 51.6 Å². The van der Waals surface area contributed by atoms with Gasteiger partial charge in [-0.15, -0.1) is 0 Å². The second-order valence-electron chi connectivity index (χ2n) is 5.85. The van der Waals surface area contributed by atoms with Crippen LogP contribution >= 0.6 is 0 Å². The molecule has 0 aromatic rings. The highest BCUT2D eigenvalue weighted by Gasteiger charge is 2.38. The lowest BCUT2D eigenvalue weighted by Crippen LogP contribution is -2.55. The van der Waals surface area contributed by atoms with E-state index >= 15 is 0 Å². The molecule has 1 aliphatic carbocycles. The van der Waals surface area contributed by atoms with Crippen molar-refractivity contribution in [2.45, 2.75) is 57.5 Å². The zero-order valence-electron chi connectivity index (χ0n) is 11.2. The van der Waals surface area contributed by atoms with Crippen molar-refractivity contribution >= 4 is 0 Å². The van der Waals surface area contributed by atoms with Gasteiger partial charge in [-0.3, -0.25) is 10.2 Å². The second-order valence-corrected chi connectivity index (χ2v) is 5.85. The standard InChI is InChI=1S/C14H25N3/c1-3-16-14(2,10-15)11-17-9-5-7-12-6-4-8-13(12)17/h12-13,16H,3-9,11H2,1-2H3. The maximum Gasteiger partial charge on any atom is 0.116 e. The van der Waals surface area contributed by atoms with Crippen LogP contribution in [0, 0.1) is 17.2 Å². The van der Waals surface area contributed by atoms with Gasteiger partial charge in [-0.2, -0.15) is 5.26 Å². The summed E-state index contributed by atoms with van der Waals surface area (Å²) < 4.78 is 0. The van der Waals surface area contributed by atoms with E-state index in [1.54, 1.807) is 0 Å². The molecule has 0 aromatic carbocycles. The first kappa shape index (κ1) is 12.9. The minimum atomic E-state index is -0.376. The lowest BCUT2D eigenvalue weighted by Gasteiger charge is -2.41. The third-order valence-corrected chi connectivity index (χ3v) is 4.44. The predicted molar refractivity (Wildman–Crippen MR) is 69.6 cm³/mol. The maximum atomic E-state index is 9.35. The summed E-state index contributed by atoms with van der Waals surface area (Å²) in [4.78, 5) is 2.58. The van der Waals surface area contributed by atoms with Gasteiger partial charge in [0.1, 0.15) is 5.54 Å². The van der Waals surface area contributed by atoms with Crippen molar-refractivity contribution in [3.63, 3.8) is 0 Å². The number of fused-ring (bicyclic) bond motifs is 1. The minimum absolute atomic E-state index is 0.376. The molecule has 0 amide bonds. The molecule has 3 heteroatoms. The van der Waals surface area contributed by atoms with E-state index in [0.29, 0.717) is 0 Å². The summed E-state index contributed by atoms with van der Waals surface area (Å²) >= 11 is 0. The SMILES string of the molecule is CCNC(C)(C#N)CN1CCCC2CCCC21. The van der Waals surface area contributed by atoms with Crippen molar-refractivity contribution in [2.75, 3.05) is 19.6 Å². The molecule has 1 saturated heterocycles. The van der Waals surface area contributed by atoms with Crippen LogP contribution in [0.2, 0.25) is 0 Å². The van der Waals surface area contributed by atoms with Gasteiger partial charge >= 0.3 is 0 Å². The molecule has 3 unspecified atom stereocenters. The minimum Gasteiger partial charge on any atom is -0.299 e. The third-order valence-electron chi connectivity index (χ3n) is 4.44. The summed E-state index contributed by atoms with van der Waals surface area (Å²) in [7, 11) is 0. The summed E-state index contributed by atoms with van der Waals surface area (Å²) in [5, 5.41) is 12.7. The van der Waals surface area contributed by atoms with Crippen molar-refractivity contribution in [3.8, 4) is 6.07 Å². The largest absolute Gasteiger partial charge is 0.299 e. The molecule has 1 saturated carbocycles. The van der Waals surface area contributed by atoms with Crippen LogP contribution in [0.25, 0.3) is 0 Å². The lowest BCUT2D eigenvalue weighted by atomic mass is 9.90. The monoisotopic (exact) mass is 235 g/mol. The molecule has 0 bridgehead atoms. The zero-order chi connectivity index (χ0) is 12.3. The molecule has 3 nitrogen and oxygen atoms in total. The maximum absolute atomic E-state index is 9.35. The third kappa shape index (κ3) is 2.81. The van der Waals surface area contributed by atoms with Crippen LogP contribution in [0.5, 0.6) is 0 Å². The number of hydrogen-bond donors (Lipinski definition) is 1. The van der Waals surface area contributed by atoms with E-state index < -0.39 is 0 Å². The highest BCUT2D eigenvalue weighted by Crippen LogP contribution is 2.37. The normalized spacial score (nSPS) is 32.8. The molecule has 2 aliphatic rings. The smallest absolute Gasteiger partial charge is 0.116 e. The Labute approximate surface area is 105 Å². The molecule has 2 rings (SSSR count). The van der Waals surface area contributed by atoms with Gasteiger partial charge in [-0.25, -0.2) is 0 Å². The number of nitriles is 1. The van der Waals surface area contributed by atoms with Crippen LogP contribution in [0.4, 0.5) is 0 Å². The quantitative estimate of drug-likeness (QED) is 0.811. The summed E-state index contributed by atoms with van der Waals surface area (Å²) in [6, 6.07) is 3.21. The molecule has 17 heavy (non-hydrogen) atoms. The second kappa shape index (κ2) is 5.37. The molecular formula is C14H25N3. The number of nitrogens with zero attached hydrogens (tertiary/aromatic N) is 2. The number of likely N-dealkylation sites (N-methyl/N-ethyl adjacent to an activating group) is 1. The van der Waals surface area contributed by atoms with E-state index in [1.807, 2.05) is 6.92 Å². The number of likely N-dealkylation sites (tertiary alicyclic amines) is 1. The number of nitrogens with one attached hydrogen (secondary N) is 1. The Bertz CT molecular complexity index is 296. The Hall–Kier alpha value is -0.590. The fourth-order valence-electron chi connectivity index (χ4n) is 3.68. The molecule has 1 N–H and O–H groups in total. The van der Waals surface area contributed by atoms with Crippen LogP contribution in [0.3, 0.4) is 0 Å². The molecule has 2 fully saturated rings. The number of piperidine rings is 1. The number of rotatable bonds is 4. The summed E-state index contributed by atoms with van der Waals surface area (Å²) in [5.41, 5.74) is -0.376. The predicted octanol–water partition coefficient (Wildman–Crippen LogP) is 2.14. The molecule has 1 aliphatic heterocycles. The summed E-state index contributed by atoms with van der Waals surface area (Å²) in [6.07, 6.45) is 6.86. The Kier molecular flexibility index (Phi) is 4.06. The highest BCUT2D eigenvalue weighted by atomic mass is 15.2. The van der Waals surface area contributed by atoms with Crippen molar-refractivity contribution in [1.29, 1.82) is 5.26 Å². The first-order valence-corrected chi connectivity index (χ1v) is 7.09. The van der Waals surface area contributed by atoms with Gasteiger partial charge in [0, 0.05) is 12.6 Å². The van der Waals surface area contributed by atoms with Crippen LogP contribution in [0.15, 0.2) is 0 Å². The zero-order valence-corrected chi connectivity index (χ0v) is 11.2. The Morgan fingerprint density at radius 3 is 2.82 bits per heavy atom. The fourth-order valence-corrected chi connectivity index (χ4v) is 3.68. The van der Waals surface area contributed by atoms with Gasteiger partial charge in [0.05, 0.1) is 6.07 Å². The van der Waals surface area contributed by atoms with E-state index in [1.165, 1.54) is 38.6 Å². The topological polar surface area (TPSA) is 39.1 Å². The molecule has 0 aromatic heterocycles. The van der Waals surface area contributed by atoms with Gasteiger partial charge in [-0.1, -0.05) is 13.3 Å².